The molecule has 0 bridgehead atoms. The molecule has 1 atom stereocenters. The highest BCUT2D eigenvalue weighted by molar-refractivity contribution is 5.96. The molecule has 0 radical (unpaired) electrons. The fourth-order valence-corrected chi connectivity index (χ4v) is 7.39. The molecular formula is C46H54N6O4. The SMILES string of the molecule is CC(=O)c1ccc(C=CC(=O)N(Cc2ccc(N3CCN(C(C)=O)CC3)cc2)C(Cc2ccccc2)C(=O)N2CCN(Cc3ccc(N(C)C)cc3)CC2)cc1. The van der Waals surface area contributed by atoms with Crippen molar-refractivity contribution in [2.45, 2.75) is 39.4 Å². The summed E-state index contributed by atoms with van der Waals surface area (Å²) in [4.78, 5) is 65.1. The van der Waals surface area contributed by atoms with E-state index in [-0.39, 0.29) is 30.0 Å². The van der Waals surface area contributed by atoms with Gasteiger partial charge in [0.25, 0.3) is 0 Å². The maximum absolute atomic E-state index is 14.7. The van der Waals surface area contributed by atoms with E-state index in [4.69, 9.17) is 0 Å². The van der Waals surface area contributed by atoms with Gasteiger partial charge >= 0.3 is 0 Å². The predicted molar refractivity (Wildman–Crippen MR) is 223 cm³/mol. The van der Waals surface area contributed by atoms with Gasteiger partial charge in [-0.05, 0) is 59.5 Å². The lowest BCUT2D eigenvalue weighted by molar-refractivity contribution is -0.145. The Balaban J connectivity index is 1.23. The van der Waals surface area contributed by atoms with Gasteiger partial charge in [-0.3, -0.25) is 24.1 Å². The number of benzene rings is 4. The average molecular weight is 755 g/mol. The number of rotatable bonds is 13. The Morgan fingerprint density at radius 1 is 0.661 bits per heavy atom. The molecule has 10 heteroatoms. The number of hydrogen-bond acceptors (Lipinski definition) is 7. The number of anilines is 2. The third-order valence-electron chi connectivity index (χ3n) is 10.9. The number of ketones is 1. The second-order valence-electron chi connectivity index (χ2n) is 15.0. The van der Waals surface area contributed by atoms with Crippen molar-refractivity contribution in [3.8, 4) is 0 Å². The zero-order valence-electron chi connectivity index (χ0n) is 33.1. The van der Waals surface area contributed by atoms with Gasteiger partial charge in [0.2, 0.25) is 17.7 Å². The lowest BCUT2D eigenvalue weighted by atomic mass is 10.0. The fourth-order valence-electron chi connectivity index (χ4n) is 7.39. The van der Waals surface area contributed by atoms with Crippen molar-refractivity contribution in [3.05, 3.63) is 137 Å². The maximum Gasteiger partial charge on any atom is 0.247 e. The van der Waals surface area contributed by atoms with Crippen LogP contribution in [0.5, 0.6) is 0 Å². The lowest BCUT2D eigenvalue weighted by Gasteiger charge is -2.39. The van der Waals surface area contributed by atoms with Gasteiger partial charge in [-0.15, -0.1) is 0 Å². The van der Waals surface area contributed by atoms with Crippen molar-refractivity contribution in [2.75, 3.05) is 76.3 Å². The summed E-state index contributed by atoms with van der Waals surface area (Å²) in [6, 6.07) is 33.1. The summed E-state index contributed by atoms with van der Waals surface area (Å²) in [6.07, 6.45) is 3.66. The zero-order chi connectivity index (χ0) is 39.6. The molecule has 1 unspecified atom stereocenters. The molecule has 0 N–H and O–H groups in total. The van der Waals surface area contributed by atoms with Gasteiger partial charge in [0.05, 0.1) is 0 Å². The first-order valence-corrected chi connectivity index (χ1v) is 19.5. The van der Waals surface area contributed by atoms with Crippen LogP contribution < -0.4 is 9.80 Å². The monoisotopic (exact) mass is 754 g/mol. The molecule has 0 saturated carbocycles. The van der Waals surface area contributed by atoms with Gasteiger partial charge in [-0.25, -0.2) is 0 Å². The predicted octanol–water partition coefficient (Wildman–Crippen LogP) is 5.62. The molecule has 0 aliphatic carbocycles. The van der Waals surface area contributed by atoms with E-state index >= 15 is 0 Å². The number of carbonyl (C=O) groups excluding carboxylic acids is 4. The Morgan fingerprint density at radius 2 is 1.27 bits per heavy atom. The minimum absolute atomic E-state index is 0.0196. The summed E-state index contributed by atoms with van der Waals surface area (Å²) >= 11 is 0. The van der Waals surface area contributed by atoms with Crippen molar-refractivity contribution < 1.29 is 19.2 Å². The van der Waals surface area contributed by atoms with Crippen LogP contribution >= 0.6 is 0 Å². The fraction of sp³-hybridized carbons (Fsp3) is 0.348. The van der Waals surface area contributed by atoms with E-state index in [2.05, 4.69) is 51.1 Å². The molecule has 2 fully saturated rings. The number of hydrogen-bond donors (Lipinski definition) is 0. The van der Waals surface area contributed by atoms with Crippen LogP contribution in [0.4, 0.5) is 11.4 Å². The first-order chi connectivity index (χ1) is 27.0. The normalized spacial score (nSPS) is 15.5. The number of carbonyl (C=O) groups is 4. The van der Waals surface area contributed by atoms with Crippen LogP contribution in [0.1, 0.15) is 46.5 Å². The Kier molecular flexibility index (Phi) is 13.4. The van der Waals surface area contributed by atoms with Gasteiger partial charge in [0.1, 0.15) is 6.04 Å². The van der Waals surface area contributed by atoms with Crippen molar-refractivity contribution >= 4 is 41.0 Å². The molecule has 0 aromatic heterocycles. The molecule has 2 aliphatic heterocycles. The first kappa shape index (κ1) is 39.9. The van der Waals surface area contributed by atoms with Crippen LogP contribution in [0.2, 0.25) is 0 Å². The van der Waals surface area contributed by atoms with Crippen LogP contribution in [-0.2, 0) is 33.9 Å². The smallest absolute Gasteiger partial charge is 0.247 e. The highest BCUT2D eigenvalue weighted by Crippen LogP contribution is 2.23. The van der Waals surface area contributed by atoms with E-state index in [1.54, 1.807) is 30.0 Å². The molecule has 2 heterocycles. The van der Waals surface area contributed by atoms with E-state index < -0.39 is 6.04 Å². The van der Waals surface area contributed by atoms with E-state index in [1.807, 2.05) is 78.5 Å². The van der Waals surface area contributed by atoms with Crippen LogP contribution in [0.25, 0.3) is 6.08 Å². The Bertz CT molecular complexity index is 1960. The van der Waals surface area contributed by atoms with Crippen molar-refractivity contribution in [3.63, 3.8) is 0 Å². The lowest BCUT2D eigenvalue weighted by Crippen LogP contribution is -2.56. The molecule has 292 valence electrons. The number of nitrogens with zero attached hydrogens (tertiary/aromatic N) is 6. The Hall–Kier alpha value is -5.74. The summed E-state index contributed by atoms with van der Waals surface area (Å²) in [5, 5.41) is 0. The summed E-state index contributed by atoms with van der Waals surface area (Å²) in [5.41, 5.74) is 6.75. The quantitative estimate of drug-likeness (QED) is 0.129. The Morgan fingerprint density at radius 3 is 1.86 bits per heavy atom. The highest BCUT2D eigenvalue weighted by Gasteiger charge is 2.34. The van der Waals surface area contributed by atoms with Gasteiger partial charge < -0.3 is 24.5 Å². The molecule has 3 amide bonds. The van der Waals surface area contributed by atoms with E-state index in [0.717, 1.165) is 60.8 Å². The topological polar surface area (TPSA) is 87.7 Å². The second kappa shape index (κ2) is 18.7. The van der Waals surface area contributed by atoms with E-state index in [1.165, 1.54) is 18.6 Å². The molecule has 4 aromatic rings. The minimum atomic E-state index is -0.737. The van der Waals surface area contributed by atoms with E-state index in [0.29, 0.717) is 38.2 Å². The summed E-state index contributed by atoms with van der Waals surface area (Å²) < 4.78 is 0. The van der Waals surface area contributed by atoms with Crippen LogP contribution in [0, 0.1) is 0 Å². The minimum Gasteiger partial charge on any atom is -0.378 e. The maximum atomic E-state index is 14.7. The van der Waals surface area contributed by atoms with Crippen LogP contribution in [0.3, 0.4) is 0 Å². The Labute approximate surface area is 331 Å². The summed E-state index contributed by atoms with van der Waals surface area (Å²) in [6.45, 7) is 9.71. The van der Waals surface area contributed by atoms with Crippen molar-refractivity contribution in [1.29, 1.82) is 0 Å². The number of amides is 3. The van der Waals surface area contributed by atoms with Gasteiger partial charge in [0.15, 0.2) is 5.78 Å². The van der Waals surface area contributed by atoms with Gasteiger partial charge in [-0.2, -0.15) is 0 Å². The molecule has 2 aliphatic rings. The molecule has 4 aromatic carbocycles. The van der Waals surface area contributed by atoms with Crippen molar-refractivity contribution in [1.82, 2.24) is 19.6 Å². The van der Waals surface area contributed by atoms with E-state index in [9.17, 15) is 19.2 Å². The molecule has 2 saturated heterocycles. The molecule has 6 rings (SSSR count). The number of piperazine rings is 2. The van der Waals surface area contributed by atoms with Gasteiger partial charge in [-0.1, -0.05) is 78.9 Å². The average Bonchev–Trinajstić information content (AvgIpc) is 3.22. The first-order valence-electron chi connectivity index (χ1n) is 19.5. The number of Topliss-reactive ketones (excluding diaryl/α,β-unsaturated/α-hetero) is 1. The van der Waals surface area contributed by atoms with Crippen LogP contribution in [0.15, 0.2) is 109 Å². The second-order valence-corrected chi connectivity index (χ2v) is 15.0. The molecule has 56 heavy (non-hydrogen) atoms. The zero-order valence-corrected chi connectivity index (χ0v) is 33.1. The van der Waals surface area contributed by atoms with Gasteiger partial charge in [0, 0.05) is 116 Å². The van der Waals surface area contributed by atoms with Crippen LogP contribution in [-0.4, -0.2) is 116 Å². The summed E-state index contributed by atoms with van der Waals surface area (Å²) in [5.74, 6) is -0.247. The highest BCUT2D eigenvalue weighted by atomic mass is 16.2. The third kappa shape index (κ3) is 10.5. The standard InChI is InChI=1S/C46H54N6O4/c1-35(53)41-17-10-37(11-18-41)16-23-45(55)52(34-40-14-21-43(22-15-40)50-30-28-49(29-31-50)36(2)54)44(32-38-8-6-5-7-9-38)46(56)51-26-24-48(25-27-51)33-39-12-19-42(20-13-39)47(3)4/h5-23,44H,24-34H2,1-4H3. The molecule has 0 spiro atoms. The summed E-state index contributed by atoms with van der Waals surface area (Å²) in [7, 11) is 4.07. The molecular weight excluding hydrogens is 701 g/mol. The third-order valence-corrected chi connectivity index (χ3v) is 10.9. The molecule has 10 nitrogen and oxygen atoms in total. The van der Waals surface area contributed by atoms with Crippen molar-refractivity contribution in [2.24, 2.45) is 0 Å². The largest absolute Gasteiger partial charge is 0.378 e.